The molecular formula is C17H20BrClN2. The number of nitrogens with two attached hydrogens (primary N) is 1. The predicted octanol–water partition coefficient (Wildman–Crippen LogP) is 4.54. The van der Waals surface area contributed by atoms with E-state index in [1.807, 2.05) is 18.2 Å². The molecule has 0 aliphatic heterocycles. The van der Waals surface area contributed by atoms with Gasteiger partial charge in [-0.05, 0) is 42.8 Å². The van der Waals surface area contributed by atoms with Crippen molar-refractivity contribution >= 4 is 27.5 Å². The van der Waals surface area contributed by atoms with Crippen LogP contribution in [0.3, 0.4) is 0 Å². The van der Waals surface area contributed by atoms with Gasteiger partial charge in [-0.25, -0.2) is 0 Å². The van der Waals surface area contributed by atoms with E-state index in [0.29, 0.717) is 6.54 Å². The van der Waals surface area contributed by atoms with Crippen molar-refractivity contribution in [2.24, 2.45) is 5.73 Å². The molecule has 0 aliphatic rings. The fourth-order valence-corrected chi connectivity index (χ4v) is 3.43. The number of hydrogen-bond acceptors (Lipinski definition) is 2. The van der Waals surface area contributed by atoms with Gasteiger partial charge in [0.25, 0.3) is 0 Å². The van der Waals surface area contributed by atoms with Crippen molar-refractivity contribution in [3.8, 4) is 0 Å². The van der Waals surface area contributed by atoms with Crippen LogP contribution in [0.15, 0.2) is 46.9 Å². The lowest BCUT2D eigenvalue weighted by Crippen LogP contribution is -2.30. The summed E-state index contributed by atoms with van der Waals surface area (Å²) in [6.07, 6.45) is 0. The van der Waals surface area contributed by atoms with Crippen LogP contribution in [-0.2, 0) is 6.54 Å². The normalized spacial score (nSPS) is 12.7. The quantitative estimate of drug-likeness (QED) is 0.840. The zero-order valence-electron chi connectivity index (χ0n) is 12.3. The highest BCUT2D eigenvalue weighted by Crippen LogP contribution is 2.30. The fraction of sp³-hybridized carbons (Fsp3) is 0.294. The van der Waals surface area contributed by atoms with Gasteiger partial charge in [0, 0.05) is 28.6 Å². The molecule has 1 atom stereocenters. The summed E-state index contributed by atoms with van der Waals surface area (Å²) in [4.78, 5) is 2.27. The number of aryl methyl sites for hydroxylation is 1. The Morgan fingerprint density at radius 2 is 1.95 bits per heavy atom. The van der Waals surface area contributed by atoms with Crippen molar-refractivity contribution in [2.45, 2.75) is 19.5 Å². The van der Waals surface area contributed by atoms with Crippen molar-refractivity contribution in [1.82, 2.24) is 4.90 Å². The van der Waals surface area contributed by atoms with E-state index in [4.69, 9.17) is 17.3 Å². The number of hydrogen-bond donors (Lipinski definition) is 1. The Morgan fingerprint density at radius 3 is 2.57 bits per heavy atom. The number of halogens is 2. The summed E-state index contributed by atoms with van der Waals surface area (Å²) in [6, 6.07) is 14.5. The second-order valence-electron chi connectivity index (χ2n) is 5.26. The monoisotopic (exact) mass is 366 g/mol. The molecule has 4 heteroatoms. The van der Waals surface area contributed by atoms with E-state index < -0.39 is 0 Å². The van der Waals surface area contributed by atoms with Crippen LogP contribution in [0.25, 0.3) is 0 Å². The minimum Gasteiger partial charge on any atom is -0.329 e. The molecule has 2 aromatic carbocycles. The van der Waals surface area contributed by atoms with Crippen molar-refractivity contribution in [2.75, 3.05) is 13.6 Å². The van der Waals surface area contributed by atoms with Gasteiger partial charge < -0.3 is 5.73 Å². The van der Waals surface area contributed by atoms with Gasteiger partial charge >= 0.3 is 0 Å². The van der Waals surface area contributed by atoms with Crippen molar-refractivity contribution in [3.63, 3.8) is 0 Å². The summed E-state index contributed by atoms with van der Waals surface area (Å²) in [5, 5.41) is 0.725. The van der Waals surface area contributed by atoms with Gasteiger partial charge in [0.1, 0.15) is 0 Å². The molecule has 0 fully saturated rings. The topological polar surface area (TPSA) is 29.3 Å². The van der Waals surface area contributed by atoms with Gasteiger partial charge in [-0.1, -0.05) is 57.9 Å². The first-order valence-electron chi connectivity index (χ1n) is 6.92. The molecule has 0 amide bonds. The zero-order valence-corrected chi connectivity index (χ0v) is 14.7. The molecule has 0 spiro atoms. The Bertz CT molecular complexity index is 615. The van der Waals surface area contributed by atoms with Crippen LogP contribution in [0.4, 0.5) is 0 Å². The lowest BCUT2D eigenvalue weighted by atomic mass is 10.0. The van der Waals surface area contributed by atoms with Gasteiger partial charge in [-0.3, -0.25) is 4.90 Å². The van der Waals surface area contributed by atoms with Crippen molar-refractivity contribution in [3.05, 3.63) is 68.7 Å². The molecule has 2 nitrogen and oxygen atoms in total. The Labute approximate surface area is 140 Å². The van der Waals surface area contributed by atoms with E-state index in [-0.39, 0.29) is 6.04 Å². The molecule has 0 saturated carbocycles. The van der Waals surface area contributed by atoms with Crippen LogP contribution in [0.5, 0.6) is 0 Å². The molecule has 0 radical (unpaired) electrons. The van der Waals surface area contributed by atoms with E-state index in [1.54, 1.807) is 0 Å². The van der Waals surface area contributed by atoms with Gasteiger partial charge in [-0.2, -0.15) is 0 Å². The molecule has 2 rings (SSSR count). The zero-order chi connectivity index (χ0) is 15.4. The van der Waals surface area contributed by atoms with Gasteiger partial charge in [0.2, 0.25) is 0 Å². The molecule has 1 unspecified atom stereocenters. The first-order chi connectivity index (χ1) is 10.0. The molecule has 0 saturated heterocycles. The standard InChI is InChI=1S/C17H20BrClN2/c1-12-5-3-4-6-13(12)11-21(2)17(10-20)15-8-7-14(19)9-16(15)18/h3-9,17H,10-11,20H2,1-2H3. The van der Waals surface area contributed by atoms with Gasteiger partial charge in [-0.15, -0.1) is 0 Å². The fourth-order valence-electron chi connectivity index (χ4n) is 2.48. The number of benzene rings is 2. The summed E-state index contributed by atoms with van der Waals surface area (Å²) in [5.74, 6) is 0. The first-order valence-corrected chi connectivity index (χ1v) is 8.09. The SMILES string of the molecule is Cc1ccccc1CN(C)C(CN)c1ccc(Cl)cc1Br. The predicted molar refractivity (Wildman–Crippen MR) is 93.6 cm³/mol. The van der Waals surface area contributed by atoms with Crippen LogP contribution in [0, 0.1) is 6.92 Å². The van der Waals surface area contributed by atoms with Crippen LogP contribution in [0.2, 0.25) is 5.02 Å². The molecule has 0 aliphatic carbocycles. The summed E-state index contributed by atoms with van der Waals surface area (Å²) in [7, 11) is 2.10. The second-order valence-corrected chi connectivity index (χ2v) is 6.55. The molecule has 0 heterocycles. The highest BCUT2D eigenvalue weighted by Gasteiger charge is 2.18. The van der Waals surface area contributed by atoms with Crippen molar-refractivity contribution < 1.29 is 0 Å². The molecule has 0 bridgehead atoms. The maximum Gasteiger partial charge on any atom is 0.0482 e. The van der Waals surface area contributed by atoms with E-state index in [1.165, 1.54) is 11.1 Å². The lowest BCUT2D eigenvalue weighted by Gasteiger charge is -2.28. The Kier molecular flexibility index (Phi) is 5.82. The second kappa shape index (κ2) is 7.41. The van der Waals surface area contributed by atoms with E-state index in [9.17, 15) is 0 Å². The highest BCUT2D eigenvalue weighted by molar-refractivity contribution is 9.10. The molecule has 21 heavy (non-hydrogen) atoms. The summed E-state index contributed by atoms with van der Waals surface area (Å²) >= 11 is 9.61. The Morgan fingerprint density at radius 1 is 1.24 bits per heavy atom. The maximum absolute atomic E-state index is 6.02. The largest absolute Gasteiger partial charge is 0.329 e. The molecule has 112 valence electrons. The first kappa shape index (κ1) is 16.5. The summed E-state index contributed by atoms with van der Waals surface area (Å²) in [5.41, 5.74) is 9.80. The van der Waals surface area contributed by atoms with E-state index >= 15 is 0 Å². The Balaban J connectivity index is 2.22. The Hall–Kier alpha value is -0.870. The van der Waals surface area contributed by atoms with Crippen molar-refractivity contribution in [1.29, 1.82) is 0 Å². The summed E-state index contributed by atoms with van der Waals surface area (Å²) < 4.78 is 1.00. The third-order valence-electron chi connectivity index (χ3n) is 3.76. The highest BCUT2D eigenvalue weighted by atomic mass is 79.9. The third-order valence-corrected chi connectivity index (χ3v) is 4.68. The third kappa shape index (κ3) is 4.07. The smallest absolute Gasteiger partial charge is 0.0482 e. The minimum absolute atomic E-state index is 0.149. The van der Waals surface area contributed by atoms with E-state index in [0.717, 1.165) is 21.6 Å². The number of nitrogens with zero attached hydrogens (tertiary/aromatic N) is 1. The number of rotatable bonds is 5. The molecule has 2 aromatic rings. The van der Waals surface area contributed by atoms with Gasteiger partial charge in [0.15, 0.2) is 0 Å². The lowest BCUT2D eigenvalue weighted by molar-refractivity contribution is 0.240. The van der Waals surface area contributed by atoms with Crippen LogP contribution >= 0.6 is 27.5 Å². The molecule has 2 N–H and O–H groups in total. The van der Waals surface area contributed by atoms with Crippen LogP contribution in [-0.4, -0.2) is 18.5 Å². The molecular weight excluding hydrogens is 348 g/mol. The minimum atomic E-state index is 0.149. The van der Waals surface area contributed by atoms with Crippen LogP contribution in [0.1, 0.15) is 22.7 Å². The van der Waals surface area contributed by atoms with Gasteiger partial charge in [0.05, 0.1) is 0 Å². The number of likely N-dealkylation sites (N-methyl/N-ethyl adjacent to an activating group) is 1. The maximum atomic E-state index is 6.02. The van der Waals surface area contributed by atoms with Crippen LogP contribution < -0.4 is 5.73 Å². The average Bonchev–Trinajstić information content (AvgIpc) is 2.44. The summed E-state index contributed by atoms with van der Waals surface area (Å²) in [6.45, 7) is 3.56. The van der Waals surface area contributed by atoms with E-state index in [2.05, 4.69) is 59.1 Å². The average molecular weight is 368 g/mol. The molecule has 0 aromatic heterocycles.